The molecule has 1 atom stereocenters. The number of alkyl halides is 3. The summed E-state index contributed by atoms with van der Waals surface area (Å²) in [5.74, 6) is 0.189. The second-order valence-corrected chi connectivity index (χ2v) is 6.76. The molecule has 0 bridgehead atoms. The van der Waals surface area contributed by atoms with Crippen molar-refractivity contribution in [2.24, 2.45) is 0 Å². The molecule has 0 unspecified atom stereocenters. The molecule has 1 aliphatic rings. The predicted molar refractivity (Wildman–Crippen MR) is 96.9 cm³/mol. The molecule has 3 aromatic rings. The van der Waals surface area contributed by atoms with Crippen molar-refractivity contribution in [1.82, 2.24) is 25.3 Å². The fraction of sp³-hybridized carbons (Fsp3) is 0.294. The summed E-state index contributed by atoms with van der Waals surface area (Å²) in [5.41, 5.74) is 1.31. The van der Waals surface area contributed by atoms with Gasteiger partial charge in [-0.2, -0.15) is 13.2 Å². The van der Waals surface area contributed by atoms with E-state index in [1.807, 2.05) is 5.32 Å². The quantitative estimate of drug-likeness (QED) is 0.690. The molecule has 0 aromatic carbocycles. The van der Waals surface area contributed by atoms with Gasteiger partial charge in [-0.25, -0.2) is 15.0 Å². The van der Waals surface area contributed by atoms with Crippen molar-refractivity contribution < 1.29 is 18.0 Å². The smallest absolute Gasteiger partial charge is 0.345 e. The molecule has 0 radical (unpaired) electrons. The summed E-state index contributed by atoms with van der Waals surface area (Å²) < 4.78 is 37.0. The normalized spacial score (nSPS) is 16.9. The van der Waals surface area contributed by atoms with E-state index >= 15 is 0 Å². The van der Waals surface area contributed by atoms with E-state index in [1.54, 1.807) is 23.2 Å². The third-order valence-electron chi connectivity index (χ3n) is 4.46. The van der Waals surface area contributed by atoms with Crippen molar-refractivity contribution in [1.29, 1.82) is 0 Å². The highest BCUT2D eigenvalue weighted by Gasteiger charge is 2.37. The van der Waals surface area contributed by atoms with Gasteiger partial charge in [-0.05, 0) is 18.6 Å². The number of fused-ring (bicyclic) bond motifs is 1. The van der Waals surface area contributed by atoms with Crippen LogP contribution in [0.2, 0.25) is 5.02 Å². The van der Waals surface area contributed by atoms with E-state index < -0.39 is 24.7 Å². The number of nitrogens with zero attached hydrogens (tertiary/aromatic N) is 4. The van der Waals surface area contributed by atoms with Gasteiger partial charge in [0.2, 0.25) is 5.91 Å². The molecule has 0 saturated carbocycles. The van der Waals surface area contributed by atoms with E-state index in [4.69, 9.17) is 11.6 Å². The number of rotatable bonds is 4. The highest BCUT2D eigenvalue weighted by atomic mass is 35.5. The molecule has 1 fully saturated rings. The van der Waals surface area contributed by atoms with Crippen LogP contribution in [-0.4, -0.2) is 51.2 Å². The monoisotopic (exact) mass is 410 g/mol. The highest BCUT2D eigenvalue weighted by molar-refractivity contribution is 6.31. The van der Waals surface area contributed by atoms with E-state index in [2.05, 4.69) is 19.9 Å². The van der Waals surface area contributed by atoms with Crippen molar-refractivity contribution in [3.8, 4) is 11.4 Å². The average molecular weight is 411 g/mol. The second kappa shape index (κ2) is 6.93. The summed E-state index contributed by atoms with van der Waals surface area (Å²) in [6, 6.07) is 2.67. The Hall–Kier alpha value is -2.88. The van der Waals surface area contributed by atoms with Crippen LogP contribution in [0.25, 0.3) is 22.4 Å². The molecule has 11 heteroatoms. The molecule has 146 valence electrons. The molecule has 3 aromatic heterocycles. The van der Waals surface area contributed by atoms with Gasteiger partial charge in [0.25, 0.3) is 0 Å². The van der Waals surface area contributed by atoms with Gasteiger partial charge in [0.1, 0.15) is 24.1 Å². The van der Waals surface area contributed by atoms with Gasteiger partial charge in [0.15, 0.2) is 5.82 Å². The minimum atomic E-state index is -4.45. The summed E-state index contributed by atoms with van der Waals surface area (Å²) in [7, 11) is 0. The summed E-state index contributed by atoms with van der Waals surface area (Å²) in [4.78, 5) is 29.7. The standard InChI is InChI=1S/C17H14ClF3N6O/c18-9-5-10-11(7-24-14(10)23-6-9)15-22-3-1-13(26-15)27-4-2-12(27)16(28)25-8-17(19,20)21/h1,3,5-7,12H,2,4,8H2,(H,23,24)(H,25,28)/t12-/m0/s1. The number of aromatic nitrogens is 4. The fourth-order valence-electron chi connectivity index (χ4n) is 3.04. The van der Waals surface area contributed by atoms with Gasteiger partial charge < -0.3 is 15.2 Å². The molecule has 7 nitrogen and oxygen atoms in total. The lowest BCUT2D eigenvalue weighted by Crippen LogP contribution is -2.57. The van der Waals surface area contributed by atoms with Crippen LogP contribution in [0.3, 0.4) is 0 Å². The van der Waals surface area contributed by atoms with Crippen LogP contribution in [0.5, 0.6) is 0 Å². The molecule has 1 saturated heterocycles. The van der Waals surface area contributed by atoms with Crippen molar-refractivity contribution in [2.45, 2.75) is 18.6 Å². The predicted octanol–water partition coefficient (Wildman–Crippen LogP) is 2.93. The Bertz CT molecular complexity index is 1040. The van der Waals surface area contributed by atoms with E-state index in [1.165, 1.54) is 12.4 Å². The molecule has 2 N–H and O–H groups in total. The zero-order chi connectivity index (χ0) is 19.9. The van der Waals surface area contributed by atoms with Gasteiger partial charge in [0.05, 0.1) is 5.02 Å². The Balaban J connectivity index is 1.57. The first-order chi connectivity index (χ1) is 13.3. The molecule has 28 heavy (non-hydrogen) atoms. The molecule has 0 aliphatic carbocycles. The maximum absolute atomic E-state index is 12.3. The van der Waals surface area contributed by atoms with Gasteiger partial charge in [-0.15, -0.1) is 0 Å². The number of pyridine rings is 1. The summed E-state index contributed by atoms with van der Waals surface area (Å²) >= 11 is 6.01. The lowest BCUT2D eigenvalue weighted by Gasteiger charge is -2.40. The molecule has 1 amide bonds. The van der Waals surface area contributed by atoms with Crippen molar-refractivity contribution in [3.63, 3.8) is 0 Å². The van der Waals surface area contributed by atoms with Gasteiger partial charge in [-0.3, -0.25) is 4.79 Å². The number of aromatic amines is 1. The van der Waals surface area contributed by atoms with E-state index in [0.29, 0.717) is 40.8 Å². The maximum atomic E-state index is 12.3. The van der Waals surface area contributed by atoms with Gasteiger partial charge in [-0.1, -0.05) is 11.6 Å². The molecule has 4 rings (SSSR count). The average Bonchev–Trinajstić information content (AvgIpc) is 3.02. The van der Waals surface area contributed by atoms with E-state index in [0.717, 1.165) is 5.39 Å². The van der Waals surface area contributed by atoms with Gasteiger partial charge >= 0.3 is 6.18 Å². The topological polar surface area (TPSA) is 86.8 Å². The first kappa shape index (κ1) is 18.5. The fourth-order valence-corrected chi connectivity index (χ4v) is 3.20. The Morgan fingerprint density at radius 1 is 1.39 bits per heavy atom. The second-order valence-electron chi connectivity index (χ2n) is 6.32. The van der Waals surface area contributed by atoms with Crippen LogP contribution in [0.4, 0.5) is 19.0 Å². The first-order valence-corrected chi connectivity index (χ1v) is 8.77. The van der Waals surface area contributed by atoms with Crippen LogP contribution in [0, 0.1) is 0 Å². The Labute approximate surface area is 161 Å². The first-order valence-electron chi connectivity index (χ1n) is 8.39. The van der Waals surface area contributed by atoms with E-state index in [9.17, 15) is 18.0 Å². The van der Waals surface area contributed by atoms with Crippen LogP contribution in [0.1, 0.15) is 6.42 Å². The number of hydrogen-bond donors (Lipinski definition) is 2. The summed E-state index contributed by atoms with van der Waals surface area (Å²) in [6.07, 6.45) is 0.770. The number of anilines is 1. The summed E-state index contributed by atoms with van der Waals surface area (Å²) in [5, 5.41) is 3.13. The number of nitrogens with one attached hydrogen (secondary N) is 2. The molecule has 4 heterocycles. The SMILES string of the molecule is O=C(NCC(F)(F)F)[C@@H]1CCN1c1ccnc(-c2c[nH]c3ncc(Cl)cc23)n1. The van der Waals surface area contributed by atoms with Gasteiger partial charge in [0, 0.05) is 36.1 Å². The van der Waals surface area contributed by atoms with Crippen molar-refractivity contribution in [2.75, 3.05) is 18.0 Å². The minimum absolute atomic E-state index is 0.397. The van der Waals surface area contributed by atoms with Crippen LogP contribution < -0.4 is 10.2 Å². The molecule has 1 aliphatic heterocycles. The van der Waals surface area contributed by atoms with Crippen LogP contribution >= 0.6 is 11.6 Å². The van der Waals surface area contributed by atoms with Crippen molar-refractivity contribution in [3.05, 3.63) is 35.7 Å². The minimum Gasteiger partial charge on any atom is -0.345 e. The molecule has 0 spiro atoms. The zero-order valence-corrected chi connectivity index (χ0v) is 15.1. The van der Waals surface area contributed by atoms with Crippen molar-refractivity contribution >= 4 is 34.4 Å². The van der Waals surface area contributed by atoms with Crippen LogP contribution in [-0.2, 0) is 4.79 Å². The lowest BCUT2D eigenvalue weighted by atomic mass is 10.0. The Morgan fingerprint density at radius 3 is 2.93 bits per heavy atom. The lowest BCUT2D eigenvalue weighted by molar-refractivity contribution is -0.139. The number of H-pyrrole nitrogens is 1. The number of amides is 1. The third-order valence-corrected chi connectivity index (χ3v) is 4.67. The molecular formula is C17H14ClF3N6O. The number of carbonyl (C=O) groups is 1. The highest BCUT2D eigenvalue weighted by Crippen LogP contribution is 2.30. The number of carbonyl (C=O) groups excluding carboxylic acids is 1. The number of halogens is 4. The Morgan fingerprint density at radius 2 is 2.21 bits per heavy atom. The third kappa shape index (κ3) is 3.59. The van der Waals surface area contributed by atoms with E-state index in [-0.39, 0.29) is 0 Å². The Kier molecular flexibility index (Phi) is 4.58. The number of hydrogen-bond acceptors (Lipinski definition) is 5. The zero-order valence-electron chi connectivity index (χ0n) is 14.3. The maximum Gasteiger partial charge on any atom is 0.405 e. The molecular weight excluding hydrogens is 397 g/mol. The van der Waals surface area contributed by atoms with Crippen LogP contribution in [0.15, 0.2) is 30.7 Å². The summed E-state index contributed by atoms with van der Waals surface area (Å²) in [6.45, 7) is -0.837. The largest absolute Gasteiger partial charge is 0.405 e.